The minimum atomic E-state index is 0.520. The normalized spacial score (nSPS) is 13.8. The summed E-state index contributed by atoms with van der Waals surface area (Å²) in [6.07, 6.45) is 4.24. The molecule has 4 aromatic rings. The molecule has 3 aromatic heterocycles. The van der Waals surface area contributed by atoms with Crippen LogP contribution in [0.1, 0.15) is 32.2 Å². The van der Waals surface area contributed by atoms with Crippen LogP contribution in [0.15, 0.2) is 83.2 Å². The highest BCUT2D eigenvalue weighted by molar-refractivity contribution is 6.49. The summed E-state index contributed by atoms with van der Waals surface area (Å²) >= 11 is 0. The minimum absolute atomic E-state index is 0.520. The van der Waals surface area contributed by atoms with Crippen LogP contribution in [0.3, 0.4) is 0 Å². The maximum atomic E-state index is 4.88. The van der Waals surface area contributed by atoms with Gasteiger partial charge in [-0.25, -0.2) is 15.0 Å². The van der Waals surface area contributed by atoms with E-state index in [1.54, 1.807) is 11.0 Å². The molecule has 1 aliphatic heterocycles. The number of anilines is 1. The highest BCUT2D eigenvalue weighted by Crippen LogP contribution is 2.23. The average molecular weight is 465 g/mol. The van der Waals surface area contributed by atoms with Crippen LogP contribution in [0.25, 0.3) is 11.5 Å². The molecular formula is C27H28N8. The molecule has 0 radical (unpaired) electrons. The fraction of sp³-hybridized carbons (Fsp3) is 0.259. The first-order valence-corrected chi connectivity index (χ1v) is 11.9. The third-order valence-corrected chi connectivity index (χ3v) is 5.69. The molecule has 5 rings (SSSR count). The first-order chi connectivity index (χ1) is 17.1. The summed E-state index contributed by atoms with van der Waals surface area (Å²) in [7, 11) is 0. The van der Waals surface area contributed by atoms with Gasteiger partial charge in [-0.15, -0.1) is 9.89 Å². The van der Waals surface area contributed by atoms with Crippen molar-refractivity contribution in [3.63, 3.8) is 0 Å². The molecule has 0 unspecified atom stereocenters. The molecular weight excluding hydrogens is 436 g/mol. The van der Waals surface area contributed by atoms with Crippen molar-refractivity contribution >= 4 is 22.9 Å². The Kier molecular flexibility index (Phi) is 6.43. The van der Waals surface area contributed by atoms with Crippen molar-refractivity contribution in [1.82, 2.24) is 24.8 Å². The molecule has 176 valence electrons. The second-order valence-electron chi connectivity index (χ2n) is 8.84. The maximum absolute atomic E-state index is 4.88. The number of aliphatic imine (C=N–C) groups is 1. The molecule has 1 aromatic carbocycles. The van der Waals surface area contributed by atoms with E-state index < -0.39 is 0 Å². The van der Waals surface area contributed by atoms with E-state index in [4.69, 9.17) is 15.1 Å². The lowest BCUT2D eigenvalue weighted by molar-refractivity contribution is 0.618. The van der Waals surface area contributed by atoms with E-state index in [0.717, 1.165) is 30.1 Å². The fourth-order valence-electron chi connectivity index (χ4n) is 4.04. The molecule has 0 amide bonds. The molecule has 0 saturated carbocycles. The van der Waals surface area contributed by atoms with Gasteiger partial charge in [0.2, 0.25) is 11.6 Å². The Bertz CT molecular complexity index is 1340. The van der Waals surface area contributed by atoms with Gasteiger partial charge in [-0.05, 0) is 42.7 Å². The summed E-state index contributed by atoms with van der Waals surface area (Å²) in [5, 5.41) is 9.30. The maximum Gasteiger partial charge on any atom is 0.204 e. The number of aromatic nitrogens is 5. The van der Waals surface area contributed by atoms with Crippen LogP contribution < -0.4 is 4.90 Å². The van der Waals surface area contributed by atoms with Gasteiger partial charge in [0, 0.05) is 25.7 Å². The summed E-state index contributed by atoms with van der Waals surface area (Å²) in [6, 6.07) is 19.9. The number of pyridine rings is 2. The fourth-order valence-corrected chi connectivity index (χ4v) is 4.04. The van der Waals surface area contributed by atoms with E-state index in [2.05, 4.69) is 58.9 Å². The monoisotopic (exact) mass is 464 g/mol. The molecule has 0 atom stereocenters. The van der Waals surface area contributed by atoms with Gasteiger partial charge < -0.3 is 4.90 Å². The van der Waals surface area contributed by atoms with E-state index in [0.29, 0.717) is 41.2 Å². The van der Waals surface area contributed by atoms with Gasteiger partial charge in [-0.3, -0.25) is 4.98 Å². The molecule has 0 N–H and O–H groups in total. The van der Waals surface area contributed by atoms with Crippen LogP contribution in [-0.4, -0.2) is 49.4 Å². The zero-order valence-corrected chi connectivity index (χ0v) is 20.2. The Hall–Kier alpha value is -4.20. The molecule has 4 heterocycles. The number of hydrogen-bond acceptors (Lipinski definition) is 7. The molecule has 8 nitrogen and oxygen atoms in total. The predicted octanol–water partition coefficient (Wildman–Crippen LogP) is 4.80. The topological polar surface area (TPSA) is 84.5 Å². The highest BCUT2D eigenvalue weighted by atomic mass is 15.6. The Morgan fingerprint density at radius 3 is 2.49 bits per heavy atom. The summed E-state index contributed by atoms with van der Waals surface area (Å²) in [4.78, 5) is 22.5. The van der Waals surface area contributed by atoms with Crippen LogP contribution in [0.4, 0.5) is 11.5 Å². The summed E-state index contributed by atoms with van der Waals surface area (Å²) in [5.41, 5.74) is 4.42. The van der Waals surface area contributed by atoms with Crippen LogP contribution >= 0.6 is 0 Å². The summed E-state index contributed by atoms with van der Waals surface area (Å²) in [5.74, 6) is 2.30. The largest absolute Gasteiger partial charge is 0.370 e. The van der Waals surface area contributed by atoms with Crippen molar-refractivity contribution in [3.05, 3.63) is 84.4 Å². The second-order valence-corrected chi connectivity index (χ2v) is 8.84. The van der Waals surface area contributed by atoms with Gasteiger partial charge in [-0.2, -0.15) is 5.10 Å². The third kappa shape index (κ3) is 5.01. The van der Waals surface area contributed by atoms with Crippen molar-refractivity contribution in [3.8, 4) is 11.5 Å². The second kappa shape index (κ2) is 9.97. The quantitative estimate of drug-likeness (QED) is 0.374. The smallest absolute Gasteiger partial charge is 0.204 e. The van der Waals surface area contributed by atoms with Gasteiger partial charge >= 0.3 is 0 Å². The average Bonchev–Trinajstić information content (AvgIpc) is 3.43. The summed E-state index contributed by atoms with van der Waals surface area (Å²) < 4.78 is 0. The Labute approximate surface area is 205 Å². The lowest BCUT2D eigenvalue weighted by atomic mass is 10.1. The highest BCUT2D eigenvalue weighted by Gasteiger charge is 2.28. The number of benzene rings is 1. The number of nitrogens with zero attached hydrogens (tertiary/aromatic N) is 8. The first kappa shape index (κ1) is 22.6. The lowest BCUT2D eigenvalue weighted by Crippen LogP contribution is -2.27. The van der Waals surface area contributed by atoms with Gasteiger partial charge in [0.1, 0.15) is 11.4 Å². The molecule has 8 heteroatoms. The molecule has 1 aliphatic rings. The number of fused-ring (bicyclic) bond motifs is 1. The van der Waals surface area contributed by atoms with Gasteiger partial charge in [0.05, 0.1) is 17.6 Å². The Morgan fingerprint density at radius 2 is 1.80 bits per heavy atom. The molecule has 35 heavy (non-hydrogen) atoms. The molecule has 0 bridgehead atoms. The van der Waals surface area contributed by atoms with Crippen LogP contribution in [0.2, 0.25) is 0 Å². The van der Waals surface area contributed by atoms with E-state index in [9.17, 15) is 0 Å². The first-order valence-electron chi connectivity index (χ1n) is 11.9. The zero-order valence-electron chi connectivity index (χ0n) is 20.2. The molecule has 0 aliphatic carbocycles. The van der Waals surface area contributed by atoms with Crippen molar-refractivity contribution in [2.45, 2.75) is 27.2 Å². The van der Waals surface area contributed by atoms with Crippen molar-refractivity contribution in [2.24, 2.45) is 16.0 Å². The van der Waals surface area contributed by atoms with Gasteiger partial charge in [-0.1, -0.05) is 50.2 Å². The zero-order chi connectivity index (χ0) is 24.2. The van der Waals surface area contributed by atoms with Crippen molar-refractivity contribution in [2.75, 3.05) is 18.0 Å². The van der Waals surface area contributed by atoms with E-state index in [1.165, 1.54) is 0 Å². The van der Waals surface area contributed by atoms with E-state index in [-0.39, 0.29) is 0 Å². The van der Waals surface area contributed by atoms with Crippen molar-refractivity contribution in [1.29, 1.82) is 0 Å². The molecule has 0 spiro atoms. The van der Waals surface area contributed by atoms with E-state index in [1.807, 2.05) is 48.7 Å². The molecule has 0 saturated heterocycles. The van der Waals surface area contributed by atoms with Crippen LogP contribution in [0, 0.1) is 5.92 Å². The van der Waals surface area contributed by atoms with Crippen LogP contribution in [0.5, 0.6) is 0 Å². The van der Waals surface area contributed by atoms with Gasteiger partial charge in [0.25, 0.3) is 0 Å². The van der Waals surface area contributed by atoms with Crippen LogP contribution in [-0.2, 0) is 6.42 Å². The third-order valence-electron chi connectivity index (χ3n) is 5.69. The lowest BCUT2D eigenvalue weighted by Gasteiger charge is -2.24. The SMILES string of the molecule is CCN(CC(C)C)c1ccc(N=C2C(Cc3ccccc3)=Nn3nc(-c4ccccn4)nc32)nc1. The van der Waals surface area contributed by atoms with E-state index >= 15 is 0 Å². The number of hydrogen-bond donors (Lipinski definition) is 0. The summed E-state index contributed by atoms with van der Waals surface area (Å²) in [6.45, 7) is 8.52. The predicted molar refractivity (Wildman–Crippen MR) is 139 cm³/mol. The van der Waals surface area contributed by atoms with Crippen molar-refractivity contribution < 1.29 is 0 Å². The minimum Gasteiger partial charge on any atom is -0.370 e. The molecule has 0 fully saturated rings. The number of rotatable bonds is 8. The Morgan fingerprint density at radius 1 is 0.971 bits per heavy atom. The standard InChI is InChI=1S/C27H28N8/c1-4-34(18-19(2)3)21-13-14-24(29-17-21)30-25-23(16-20-10-6-5-7-11-20)32-35-27(25)31-26(33-35)22-12-8-9-15-28-22/h5-15,17,19H,4,16,18H2,1-3H3. The Balaban J connectivity index is 1.50. The van der Waals surface area contributed by atoms with Gasteiger partial charge in [0.15, 0.2) is 5.82 Å².